The standard InChI is InChI=1S/C18H21Cl2N5O3/c1-11(23-17(26)4-2-3-15-9-22-25-24-15)5-16(21)18(27)28-10-12-6-13(19)8-14(20)7-12/h6-9,11,21H,2-5,10H2,1H3,(H,23,26)(H,22,24,25)/t11-/m1/s1. The highest BCUT2D eigenvalue weighted by Gasteiger charge is 2.17. The Morgan fingerprint density at radius 2 is 2.00 bits per heavy atom. The zero-order valence-electron chi connectivity index (χ0n) is 15.3. The van der Waals surface area contributed by atoms with Crippen LogP contribution in [0.1, 0.15) is 37.4 Å². The van der Waals surface area contributed by atoms with Crippen molar-refractivity contribution in [3.63, 3.8) is 0 Å². The second kappa shape index (κ2) is 10.8. The summed E-state index contributed by atoms with van der Waals surface area (Å²) in [5, 5.41) is 21.6. The Hall–Kier alpha value is -2.45. The van der Waals surface area contributed by atoms with E-state index in [4.69, 9.17) is 33.3 Å². The molecular weight excluding hydrogens is 405 g/mol. The molecule has 0 aliphatic heterocycles. The Kier molecular flexibility index (Phi) is 8.41. The maximum atomic E-state index is 12.0. The van der Waals surface area contributed by atoms with Gasteiger partial charge in [0.25, 0.3) is 0 Å². The van der Waals surface area contributed by atoms with Crippen LogP contribution >= 0.6 is 23.2 Å². The topological polar surface area (TPSA) is 121 Å². The van der Waals surface area contributed by atoms with Crippen molar-refractivity contribution in [3.8, 4) is 0 Å². The van der Waals surface area contributed by atoms with Crippen molar-refractivity contribution in [2.75, 3.05) is 0 Å². The zero-order chi connectivity index (χ0) is 20.5. The lowest BCUT2D eigenvalue weighted by atomic mass is 10.1. The predicted molar refractivity (Wildman–Crippen MR) is 106 cm³/mol. The molecule has 28 heavy (non-hydrogen) atoms. The van der Waals surface area contributed by atoms with Gasteiger partial charge in [-0.1, -0.05) is 23.2 Å². The van der Waals surface area contributed by atoms with E-state index in [-0.39, 0.29) is 30.7 Å². The largest absolute Gasteiger partial charge is 0.456 e. The SMILES string of the molecule is C[C@H](CC(=N)C(=O)OCc1cc(Cl)cc(Cl)c1)NC(=O)CCCc1cn[nH]n1. The first kappa shape index (κ1) is 21.8. The van der Waals surface area contributed by atoms with Crippen molar-refractivity contribution in [2.24, 2.45) is 0 Å². The maximum Gasteiger partial charge on any atom is 0.352 e. The number of carbonyl (C=O) groups is 2. The van der Waals surface area contributed by atoms with E-state index in [1.54, 1.807) is 31.3 Å². The highest BCUT2D eigenvalue weighted by atomic mass is 35.5. The van der Waals surface area contributed by atoms with Crippen molar-refractivity contribution >= 4 is 40.8 Å². The molecule has 8 nitrogen and oxygen atoms in total. The number of rotatable bonds is 10. The molecule has 1 heterocycles. The van der Waals surface area contributed by atoms with Crippen LogP contribution in [0.25, 0.3) is 0 Å². The van der Waals surface area contributed by atoms with Crippen molar-refractivity contribution in [1.82, 2.24) is 20.7 Å². The van der Waals surface area contributed by atoms with Gasteiger partial charge in [0.05, 0.1) is 11.9 Å². The number of hydrogen-bond acceptors (Lipinski definition) is 6. The second-order valence-corrected chi connectivity index (χ2v) is 7.19. The number of aromatic amines is 1. The Morgan fingerprint density at radius 3 is 2.64 bits per heavy atom. The number of aryl methyl sites for hydroxylation is 1. The number of nitrogens with one attached hydrogen (secondary N) is 3. The minimum absolute atomic E-state index is 0.0374. The average Bonchev–Trinajstić information content (AvgIpc) is 3.12. The van der Waals surface area contributed by atoms with Gasteiger partial charge in [0.1, 0.15) is 12.3 Å². The summed E-state index contributed by atoms with van der Waals surface area (Å²) in [7, 11) is 0. The van der Waals surface area contributed by atoms with Crippen LogP contribution < -0.4 is 5.32 Å². The highest BCUT2D eigenvalue weighted by Crippen LogP contribution is 2.19. The van der Waals surface area contributed by atoms with Crippen LogP contribution in [0.3, 0.4) is 0 Å². The van der Waals surface area contributed by atoms with Crippen molar-refractivity contribution in [2.45, 2.75) is 45.3 Å². The van der Waals surface area contributed by atoms with E-state index in [2.05, 4.69) is 20.7 Å². The molecule has 0 bridgehead atoms. The molecule has 0 aliphatic carbocycles. The molecule has 0 saturated carbocycles. The lowest BCUT2D eigenvalue weighted by molar-refractivity contribution is -0.137. The van der Waals surface area contributed by atoms with Gasteiger partial charge in [-0.2, -0.15) is 15.4 Å². The average molecular weight is 426 g/mol. The molecule has 0 fully saturated rings. The smallest absolute Gasteiger partial charge is 0.352 e. The van der Waals surface area contributed by atoms with Crippen LogP contribution in [0.2, 0.25) is 10.0 Å². The molecule has 10 heteroatoms. The number of esters is 1. The molecule has 0 aliphatic rings. The third-order valence-corrected chi connectivity index (χ3v) is 4.19. The summed E-state index contributed by atoms with van der Waals surface area (Å²) < 4.78 is 5.10. The molecule has 2 aromatic rings. The Morgan fingerprint density at radius 1 is 1.29 bits per heavy atom. The number of hydrogen-bond donors (Lipinski definition) is 3. The van der Waals surface area contributed by atoms with Gasteiger partial charge in [0.2, 0.25) is 5.91 Å². The summed E-state index contributed by atoms with van der Waals surface area (Å²) in [6, 6.07) is 4.48. The van der Waals surface area contributed by atoms with Crippen molar-refractivity contribution in [1.29, 1.82) is 5.41 Å². The molecule has 0 spiro atoms. The molecule has 0 saturated heterocycles. The van der Waals surface area contributed by atoms with E-state index in [1.807, 2.05) is 0 Å². The first-order valence-corrected chi connectivity index (χ1v) is 9.42. The monoisotopic (exact) mass is 425 g/mol. The molecule has 0 unspecified atom stereocenters. The van der Waals surface area contributed by atoms with E-state index in [1.165, 1.54) is 0 Å². The van der Waals surface area contributed by atoms with Gasteiger partial charge in [0, 0.05) is 28.9 Å². The van der Waals surface area contributed by atoms with Gasteiger partial charge in [-0.15, -0.1) is 0 Å². The second-order valence-electron chi connectivity index (χ2n) is 6.32. The van der Waals surface area contributed by atoms with Crippen LogP contribution in [0.15, 0.2) is 24.4 Å². The van der Waals surface area contributed by atoms with Crippen LogP contribution in [0.5, 0.6) is 0 Å². The third kappa shape index (κ3) is 7.66. The number of halogens is 2. The Labute approximate surface area is 172 Å². The first-order valence-electron chi connectivity index (χ1n) is 8.67. The lowest BCUT2D eigenvalue weighted by Gasteiger charge is -2.14. The van der Waals surface area contributed by atoms with Crippen molar-refractivity contribution in [3.05, 3.63) is 45.7 Å². The van der Waals surface area contributed by atoms with Gasteiger partial charge >= 0.3 is 5.97 Å². The number of ether oxygens (including phenoxy) is 1. The number of aromatic nitrogens is 3. The van der Waals surface area contributed by atoms with E-state index in [9.17, 15) is 9.59 Å². The summed E-state index contributed by atoms with van der Waals surface area (Å²) in [6.07, 6.45) is 3.29. The number of H-pyrrole nitrogens is 1. The zero-order valence-corrected chi connectivity index (χ0v) is 16.8. The fraction of sp³-hybridized carbons (Fsp3) is 0.389. The summed E-state index contributed by atoms with van der Waals surface area (Å²) in [6.45, 7) is 1.69. The number of carbonyl (C=O) groups excluding carboxylic acids is 2. The van der Waals surface area contributed by atoms with E-state index >= 15 is 0 Å². The summed E-state index contributed by atoms with van der Waals surface area (Å²) >= 11 is 11.8. The number of nitrogens with zero attached hydrogens (tertiary/aromatic N) is 2. The molecule has 3 N–H and O–H groups in total. The van der Waals surface area contributed by atoms with Gasteiger partial charge < -0.3 is 10.1 Å². The fourth-order valence-corrected chi connectivity index (χ4v) is 3.06. The molecule has 1 amide bonds. The fourth-order valence-electron chi connectivity index (χ4n) is 2.49. The third-order valence-electron chi connectivity index (χ3n) is 3.76. The van der Waals surface area contributed by atoms with Crippen molar-refractivity contribution < 1.29 is 14.3 Å². The van der Waals surface area contributed by atoms with Gasteiger partial charge in [-0.05, 0) is 43.5 Å². The maximum absolute atomic E-state index is 12.0. The molecule has 1 aromatic heterocycles. The normalized spacial score (nSPS) is 11.7. The van der Waals surface area contributed by atoms with Gasteiger partial charge in [-0.3, -0.25) is 10.2 Å². The van der Waals surface area contributed by atoms with Gasteiger partial charge in [0.15, 0.2) is 0 Å². The Bertz CT molecular complexity index is 806. The molecule has 1 atom stereocenters. The first-order chi connectivity index (χ1) is 13.3. The number of amides is 1. The minimum Gasteiger partial charge on any atom is -0.456 e. The van der Waals surface area contributed by atoms with Crippen LogP contribution in [-0.2, 0) is 27.4 Å². The molecule has 0 radical (unpaired) electrons. The van der Waals surface area contributed by atoms with Gasteiger partial charge in [-0.25, -0.2) is 4.79 Å². The van der Waals surface area contributed by atoms with Crippen LogP contribution in [0, 0.1) is 5.41 Å². The summed E-state index contributed by atoms with van der Waals surface area (Å²) in [5.74, 6) is -0.894. The number of benzene rings is 1. The lowest BCUT2D eigenvalue weighted by Crippen LogP contribution is -2.35. The quantitative estimate of drug-likeness (QED) is 0.398. The van der Waals surface area contributed by atoms with E-state index < -0.39 is 5.97 Å². The minimum atomic E-state index is -0.747. The molecule has 150 valence electrons. The van der Waals surface area contributed by atoms with E-state index in [0.29, 0.717) is 34.9 Å². The summed E-state index contributed by atoms with van der Waals surface area (Å²) in [4.78, 5) is 23.9. The predicted octanol–water partition coefficient (Wildman–Crippen LogP) is 3.09. The molecular formula is C18H21Cl2N5O3. The van der Waals surface area contributed by atoms with E-state index in [0.717, 1.165) is 5.69 Å². The van der Waals surface area contributed by atoms with Crippen LogP contribution in [0.4, 0.5) is 0 Å². The summed E-state index contributed by atoms with van der Waals surface area (Å²) in [5.41, 5.74) is 1.21. The van der Waals surface area contributed by atoms with Crippen LogP contribution in [-0.4, -0.2) is 39.0 Å². The highest BCUT2D eigenvalue weighted by molar-refractivity contribution is 6.35. The Balaban J connectivity index is 1.68. The molecule has 1 aromatic carbocycles. The molecule has 2 rings (SSSR count).